The second-order valence-electron chi connectivity index (χ2n) is 10.9. The van der Waals surface area contributed by atoms with Crippen molar-refractivity contribution in [2.24, 2.45) is 15.2 Å². The van der Waals surface area contributed by atoms with Gasteiger partial charge in [-0.25, -0.2) is 4.99 Å². The summed E-state index contributed by atoms with van der Waals surface area (Å²) in [7, 11) is 0. The van der Waals surface area contributed by atoms with Crippen molar-refractivity contribution in [3.05, 3.63) is 140 Å². The molecule has 0 radical (unpaired) electrons. The number of ether oxygens (including phenoxy) is 3. The van der Waals surface area contributed by atoms with Crippen molar-refractivity contribution in [2.75, 3.05) is 13.2 Å². The Hall–Kier alpha value is -6.21. The first-order valence-electron chi connectivity index (χ1n) is 15.2. The first kappa shape index (κ1) is 35.1. The highest BCUT2D eigenvalue weighted by atomic mass is 19.4. The van der Waals surface area contributed by atoms with Crippen LogP contribution in [0.4, 0.5) is 24.5 Å². The molecule has 2 N–H and O–H groups in total. The zero-order chi connectivity index (χ0) is 35.6. The number of rotatable bonds is 14. The summed E-state index contributed by atoms with van der Waals surface area (Å²) in [5.41, 5.74) is 19.0. The molecule has 5 rings (SSSR count). The maximum atomic E-state index is 14.6. The molecule has 0 saturated carbocycles. The summed E-state index contributed by atoms with van der Waals surface area (Å²) in [5, 5.41) is 19.5. The smallest absolute Gasteiger partial charge is 0.494 e. The predicted molar refractivity (Wildman–Crippen MR) is 176 cm³/mol. The number of halogens is 3. The largest absolute Gasteiger partial charge is 0.573 e. The third-order valence-electron chi connectivity index (χ3n) is 7.62. The Kier molecular flexibility index (Phi) is 11.1. The zero-order valence-electron chi connectivity index (χ0n) is 26.2. The fourth-order valence-electron chi connectivity index (χ4n) is 5.35. The van der Waals surface area contributed by atoms with Gasteiger partial charge in [-0.3, -0.25) is 4.79 Å². The van der Waals surface area contributed by atoms with Crippen LogP contribution >= 0.6 is 0 Å². The number of aliphatic hydroxyl groups excluding tert-OH is 1. The molecule has 4 aromatic rings. The van der Waals surface area contributed by atoms with Gasteiger partial charge in [0.1, 0.15) is 11.5 Å². The van der Waals surface area contributed by atoms with Crippen LogP contribution in [0.5, 0.6) is 11.5 Å². The standard InChI is InChI=1S/C34H29F3N8O5/c35-34(36,37)50-26-14-10-22(11-15-26)21-40-32(47)33(20-24-6-1-3-8-28(24)42-44-38)30(27-7-2-4-9-29(27)43-45-39)49-31(41-33)23-12-16-25(17-13-23)48-19-5-18-46/h1-4,6-17,30,46H,5,18-21H2,(H,40,47)/t30-,33-/m1/s1. The first-order chi connectivity index (χ1) is 24.2. The number of hydrogen-bond donors (Lipinski definition) is 2. The summed E-state index contributed by atoms with van der Waals surface area (Å²) >= 11 is 0. The molecule has 0 unspecified atom stereocenters. The van der Waals surface area contributed by atoms with Crippen LogP contribution in [-0.2, 0) is 22.5 Å². The second-order valence-corrected chi connectivity index (χ2v) is 10.9. The first-order valence-corrected chi connectivity index (χ1v) is 15.2. The zero-order valence-corrected chi connectivity index (χ0v) is 26.2. The number of hydrogen-bond acceptors (Lipinski definition) is 8. The highest BCUT2D eigenvalue weighted by Crippen LogP contribution is 2.46. The molecule has 4 aromatic carbocycles. The van der Waals surface area contributed by atoms with Gasteiger partial charge in [0, 0.05) is 58.3 Å². The lowest BCUT2D eigenvalue weighted by atomic mass is 9.81. The average molecular weight is 687 g/mol. The lowest BCUT2D eigenvalue weighted by Crippen LogP contribution is -2.49. The van der Waals surface area contributed by atoms with E-state index in [0.717, 1.165) is 12.1 Å². The van der Waals surface area contributed by atoms with E-state index in [0.29, 0.717) is 41.0 Å². The lowest BCUT2D eigenvalue weighted by Gasteiger charge is -2.32. The van der Waals surface area contributed by atoms with E-state index in [1.165, 1.54) is 12.1 Å². The molecule has 1 aliphatic rings. The third kappa shape index (κ3) is 8.44. The molecule has 2 atom stereocenters. The number of aliphatic imine (C=N–C) groups is 1. The van der Waals surface area contributed by atoms with Crippen molar-refractivity contribution in [3.63, 3.8) is 0 Å². The maximum absolute atomic E-state index is 14.6. The highest BCUT2D eigenvalue weighted by Gasteiger charge is 2.54. The van der Waals surface area contributed by atoms with E-state index in [1.54, 1.807) is 72.8 Å². The monoisotopic (exact) mass is 686 g/mol. The molecule has 13 nitrogen and oxygen atoms in total. The Labute approximate surface area is 283 Å². The van der Waals surface area contributed by atoms with E-state index in [-0.39, 0.29) is 36.8 Å². The fraction of sp³-hybridized carbons (Fsp3) is 0.235. The number of nitrogens with one attached hydrogen (secondary N) is 1. The maximum Gasteiger partial charge on any atom is 0.573 e. The van der Waals surface area contributed by atoms with Crippen LogP contribution < -0.4 is 14.8 Å². The Bertz CT molecular complexity index is 1940. The van der Waals surface area contributed by atoms with Gasteiger partial charge >= 0.3 is 6.36 Å². The number of nitrogens with zero attached hydrogens (tertiary/aromatic N) is 7. The molecule has 50 heavy (non-hydrogen) atoms. The molecule has 0 saturated heterocycles. The number of benzene rings is 4. The SMILES string of the molecule is [N-]=[N+]=Nc1ccccc1C[C@@]1(C(=O)NCc2ccc(OC(F)(F)F)cc2)N=C(c2ccc(OCCCO)cc2)O[C@@H]1c1ccccc1N=[N+]=[N-]. The van der Waals surface area contributed by atoms with Crippen LogP contribution in [0.2, 0.25) is 0 Å². The molecule has 256 valence electrons. The van der Waals surface area contributed by atoms with Crippen molar-refractivity contribution in [3.8, 4) is 11.5 Å². The highest BCUT2D eigenvalue weighted by molar-refractivity contribution is 6.01. The second kappa shape index (κ2) is 15.8. The van der Waals surface area contributed by atoms with Gasteiger partial charge < -0.3 is 24.6 Å². The van der Waals surface area contributed by atoms with Crippen LogP contribution in [0, 0.1) is 0 Å². The summed E-state index contributed by atoms with van der Waals surface area (Å²) < 4.78 is 54.1. The minimum atomic E-state index is -4.86. The quantitative estimate of drug-likeness (QED) is 0.0587. The molecule has 1 aliphatic heterocycles. The van der Waals surface area contributed by atoms with Crippen molar-refractivity contribution >= 4 is 23.2 Å². The van der Waals surface area contributed by atoms with E-state index in [9.17, 15) is 29.0 Å². The van der Waals surface area contributed by atoms with Crippen LogP contribution in [0.25, 0.3) is 20.9 Å². The molecular weight excluding hydrogens is 657 g/mol. The van der Waals surface area contributed by atoms with E-state index < -0.39 is 29.7 Å². The normalized spacial score (nSPS) is 16.6. The van der Waals surface area contributed by atoms with Gasteiger partial charge in [0.05, 0.1) is 6.61 Å². The number of alkyl halides is 3. The van der Waals surface area contributed by atoms with E-state index in [1.807, 2.05) is 0 Å². The van der Waals surface area contributed by atoms with Gasteiger partial charge in [0.25, 0.3) is 5.91 Å². The van der Waals surface area contributed by atoms with Crippen LogP contribution in [0.15, 0.2) is 112 Å². The molecular formula is C34H29F3N8O5. The Morgan fingerprint density at radius 2 is 1.56 bits per heavy atom. The van der Waals surface area contributed by atoms with Crippen molar-refractivity contribution in [2.45, 2.75) is 37.4 Å². The van der Waals surface area contributed by atoms with Gasteiger partial charge in [-0.1, -0.05) is 70.9 Å². The van der Waals surface area contributed by atoms with Crippen molar-refractivity contribution in [1.82, 2.24) is 5.32 Å². The van der Waals surface area contributed by atoms with Gasteiger partial charge in [-0.2, -0.15) is 0 Å². The van der Waals surface area contributed by atoms with Crippen LogP contribution in [0.1, 0.15) is 34.8 Å². The topological polar surface area (TPSA) is 187 Å². The van der Waals surface area contributed by atoms with Gasteiger partial charge in [-0.05, 0) is 58.6 Å². The fourth-order valence-corrected chi connectivity index (χ4v) is 5.35. The van der Waals surface area contributed by atoms with Crippen LogP contribution in [-0.4, -0.2) is 42.0 Å². The molecule has 0 aromatic heterocycles. The van der Waals surface area contributed by atoms with Gasteiger partial charge in [0.15, 0.2) is 11.6 Å². The van der Waals surface area contributed by atoms with E-state index in [4.69, 9.17) is 19.6 Å². The van der Waals surface area contributed by atoms with Gasteiger partial charge in [-0.15, -0.1) is 13.2 Å². The molecule has 1 heterocycles. The Morgan fingerprint density at radius 1 is 0.920 bits per heavy atom. The number of carbonyl (C=O) groups excluding carboxylic acids is 1. The molecule has 0 bridgehead atoms. The Balaban J connectivity index is 1.59. The van der Waals surface area contributed by atoms with Crippen LogP contribution in [0.3, 0.4) is 0 Å². The van der Waals surface area contributed by atoms with Crippen molar-refractivity contribution in [1.29, 1.82) is 0 Å². The molecule has 0 spiro atoms. The Morgan fingerprint density at radius 3 is 2.24 bits per heavy atom. The number of aliphatic hydroxyl groups is 1. The summed E-state index contributed by atoms with van der Waals surface area (Å²) in [6.07, 6.45) is -5.74. The molecule has 0 fully saturated rings. The van der Waals surface area contributed by atoms with Crippen molar-refractivity contribution < 1.29 is 37.3 Å². The minimum Gasteiger partial charge on any atom is -0.494 e. The minimum absolute atomic E-state index is 0.0217. The summed E-state index contributed by atoms with van der Waals surface area (Å²) in [6.45, 7) is 0.171. The van der Waals surface area contributed by atoms with E-state index in [2.05, 4.69) is 30.1 Å². The van der Waals surface area contributed by atoms with Gasteiger partial charge in [0.2, 0.25) is 5.90 Å². The summed E-state index contributed by atoms with van der Waals surface area (Å²) in [5.74, 6) is -0.442. The predicted octanol–water partition coefficient (Wildman–Crippen LogP) is 8.05. The average Bonchev–Trinajstić information content (AvgIpc) is 3.49. The molecule has 1 amide bonds. The third-order valence-corrected chi connectivity index (χ3v) is 7.62. The number of carbonyl (C=O) groups is 1. The summed E-state index contributed by atoms with van der Waals surface area (Å²) in [6, 6.07) is 25.0. The number of amides is 1. The van der Waals surface area contributed by atoms with E-state index >= 15 is 0 Å². The summed E-state index contributed by atoms with van der Waals surface area (Å²) in [4.78, 5) is 25.4. The molecule has 16 heteroatoms. The lowest BCUT2D eigenvalue weighted by molar-refractivity contribution is -0.274. The number of azide groups is 2. The molecule has 0 aliphatic carbocycles.